The molecular formula is C20H25BrN4O4. The maximum atomic E-state index is 12.8. The first-order valence-electron chi connectivity index (χ1n) is 9.48. The number of hydrogen-bond donors (Lipinski definition) is 1. The van der Waals surface area contributed by atoms with E-state index in [0.29, 0.717) is 36.3 Å². The maximum Gasteiger partial charge on any atom is 0.410 e. The van der Waals surface area contributed by atoms with Crippen LogP contribution in [0.15, 0.2) is 27.6 Å². The van der Waals surface area contributed by atoms with Crippen LogP contribution in [0.2, 0.25) is 0 Å². The summed E-state index contributed by atoms with van der Waals surface area (Å²) < 4.78 is 7.82. The van der Waals surface area contributed by atoms with E-state index in [1.807, 2.05) is 0 Å². The van der Waals surface area contributed by atoms with Gasteiger partial charge in [0.15, 0.2) is 0 Å². The number of nitrogens with zero attached hydrogens (tertiary/aromatic N) is 3. The van der Waals surface area contributed by atoms with E-state index in [1.165, 1.54) is 9.30 Å². The second-order valence-corrected chi connectivity index (χ2v) is 9.14. The minimum atomic E-state index is -0.662. The van der Waals surface area contributed by atoms with Crippen molar-refractivity contribution in [1.82, 2.24) is 19.6 Å². The van der Waals surface area contributed by atoms with Gasteiger partial charge in [-0.05, 0) is 46.2 Å². The van der Waals surface area contributed by atoms with Crippen LogP contribution in [0.4, 0.5) is 4.79 Å². The van der Waals surface area contributed by atoms with Gasteiger partial charge in [-0.15, -0.1) is 0 Å². The number of amides is 2. The van der Waals surface area contributed by atoms with Crippen LogP contribution >= 0.6 is 15.9 Å². The molecule has 1 aliphatic heterocycles. The molecule has 9 heteroatoms. The fourth-order valence-electron chi connectivity index (χ4n) is 3.19. The van der Waals surface area contributed by atoms with Crippen LogP contribution in [0.3, 0.4) is 0 Å². The summed E-state index contributed by atoms with van der Waals surface area (Å²) in [5.74, 6) is -0.0257. The van der Waals surface area contributed by atoms with E-state index in [2.05, 4.69) is 26.2 Å². The van der Waals surface area contributed by atoms with Gasteiger partial charge in [-0.2, -0.15) is 0 Å². The molecule has 1 N–H and O–H groups in total. The van der Waals surface area contributed by atoms with Crippen LogP contribution in [0.5, 0.6) is 0 Å². The van der Waals surface area contributed by atoms with Crippen LogP contribution < -0.4 is 10.9 Å². The largest absolute Gasteiger partial charge is 0.444 e. The number of pyridine rings is 1. The fourth-order valence-corrected chi connectivity index (χ4v) is 3.52. The third-order valence-corrected chi connectivity index (χ3v) is 5.13. The Morgan fingerprint density at radius 3 is 2.76 bits per heavy atom. The summed E-state index contributed by atoms with van der Waals surface area (Å²) in [6, 6.07) is 3.37. The Morgan fingerprint density at radius 1 is 1.41 bits per heavy atom. The van der Waals surface area contributed by atoms with E-state index in [-0.39, 0.29) is 24.1 Å². The highest BCUT2D eigenvalue weighted by atomic mass is 79.9. The molecule has 3 rings (SSSR count). The molecule has 1 saturated heterocycles. The zero-order chi connectivity index (χ0) is 21.3. The normalized spacial score (nSPS) is 16.7. The number of ether oxygens (including phenoxy) is 1. The van der Waals surface area contributed by atoms with E-state index in [4.69, 9.17) is 4.74 Å². The number of fused-ring (bicyclic) bond motifs is 1. The number of aromatic nitrogens is 2. The van der Waals surface area contributed by atoms with Crippen molar-refractivity contribution in [3.63, 3.8) is 0 Å². The van der Waals surface area contributed by atoms with E-state index in [1.54, 1.807) is 46.0 Å². The first kappa shape index (κ1) is 21.3. The van der Waals surface area contributed by atoms with E-state index in [0.717, 1.165) is 4.47 Å². The summed E-state index contributed by atoms with van der Waals surface area (Å²) in [4.78, 5) is 43.2. The molecule has 2 aromatic heterocycles. The first-order valence-corrected chi connectivity index (χ1v) is 10.3. The minimum Gasteiger partial charge on any atom is -0.444 e. The van der Waals surface area contributed by atoms with Crippen molar-refractivity contribution < 1.29 is 14.3 Å². The molecule has 1 atom stereocenters. The predicted molar refractivity (Wildman–Crippen MR) is 112 cm³/mol. The lowest BCUT2D eigenvalue weighted by Gasteiger charge is -2.29. The van der Waals surface area contributed by atoms with Gasteiger partial charge < -0.3 is 15.0 Å². The number of halogens is 1. The van der Waals surface area contributed by atoms with E-state index >= 15 is 0 Å². The summed E-state index contributed by atoms with van der Waals surface area (Å²) in [6.07, 6.45) is 2.24. The number of rotatable bonds is 4. The molecule has 29 heavy (non-hydrogen) atoms. The molecule has 8 nitrogen and oxygen atoms in total. The molecule has 0 spiro atoms. The van der Waals surface area contributed by atoms with Crippen LogP contribution in [-0.2, 0) is 16.1 Å². The lowest BCUT2D eigenvalue weighted by Crippen LogP contribution is -2.44. The van der Waals surface area contributed by atoms with Gasteiger partial charge in [0.25, 0.3) is 5.56 Å². The average molecular weight is 465 g/mol. The van der Waals surface area contributed by atoms with Crippen LogP contribution in [0.25, 0.3) is 5.65 Å². The lowest BCUT2D eigenvalue weighted by molar-refractivity contribution is -0.119. The quantitative estimate of drug-likeness (QED) is 0.750. The SMILES string of the molecule is Cc1c(CN(C[C@@H]2CCC(=O)N2)C(=O)OC(C)(C)C)nc2cc(Br)ccn2c1=O. The highest BCUT2D eigenvalue weighted by Gasteiger charge is 2.29. The van der Waals surface area contributed by atoms with Crippen LogP contribution in [0, 0.1) is 6.92 Å². The number of hydrogen-bond acceptors (Lipinski definition) is 5. The Kier molecular flexibility index (Phi) is 5.97. The van der Waals surface area contributed by atoms with Crippen LogP contribution in [0.1, 0.15) is 44.9 Å². The second-order valence-electron chi connectivity index (χ2n) is 8.23. The fraction of sp³-hybridized carbons (Fsp3) is 0.500. The second kappa shape index (κ2) is 8.14. The van der Waals surface area contributed by atoms with Crippen molar-refractivity contribution in [2.45, 2.75) is 58.7 Å². The lowest BCUT2D eigenvalue weighted by atomic mass is 10.2. The molecule has 2 amide bonds. The van der Waals surface area contributed by atoms with Gasteiger partial charge in [0.1, 0.15) is 11.2 Å². The molecule has 0 radical (unpaired) electrons. The standard InChI is InChI=1S/C20H25BrN4O4/c1-12-15(23-16-9-13(21)7-8-25(16)18(12)27)11-24(19(28)29-20(2,3)4)10-14-5-6-17(26)22-14/h7-9,14H,5-6,10-11H2,1-4H3,(H,22,26)/t14-/m0/s1. The molecule has 156 valence electrons. The van der Waals surface area contributed by atoms with Crippen molar-refractivity contribution in [2.75, 3.05) is 6.54 Å². The summed E-state index contributed by atoms with van der Waals surface area (Å²) in [5.41, 5.74) is 0.612. The van der Waals surface area contributed by atoms with Gasteiger partial charge >= 0.3 is 6.09 Å². The molecule has 1 fully saturated rings. The molecule has 0 saturated carbocycles. The zero-order valence-electron chi connectivity index (χ0n) is 17.0. The van der Waals surface area contributed by atoms with Crippen molar-refractivity contribution in [1.29, 1.82) is 0 Å². The zero-order valence-corrected chi connectivity index (χ0v) is 18.6. The number of carbonyl (C=O) groups is 2. The third-order valence-electron chi connectivity index (χ3n) is 4.64. The Morgan fingerprint density at radius 2 is 2.14 bits per heavy atom. The molecule has 0 unspecified atom stereocenters. The monoisotopic (exact) mass is 464 g/mol. The average Bonchev–Trinajstić information content (AvgIpc) is 3.02. The molecule has 3 heterocycles. The highest BCUT2D eigenvalue weighted by Crippen LogP contribution is 2.17. The molecule has 0 aromatic carbocycles. The number of carbonyl (C=O) groups excluding carboxylic acids is 2. The van der Waals surface area contributed by atoms with Crippen molar-refractivity contribution in [3.8, 4) is 0 Å². The van der Waals surface area contributed by atoms with Crippen LogP contribution in [-0.4, -0.2) is 44.5 Å². The molecule has 0 bridgehead atoms. The van der Waals surface area contributed by atoms with Crippen molar-refractivity contribution >= 4 is 33.6 Å². The summed E-state index contributed by atoms with van der Waals surface area (Å²) >= 11 is 3.39. The van der Waals surface area contributed by atoms with Gasteiger partial charge in [0.05, 0.1) is 12.2 Å². The van der Waals surface area contributed by atoms with Gasteiger partial charge in [0, 0.05) is 35.2 Å². The van der Waals surface area contributed by atoms with Gasteiger partial charge in [0.2, 0.25) is 5.91 Å². The van der Waals surface area contributed by atoms with E-state index in [9.17, 15) is 14.4 Å². The third kappa shape index (κ3) is 5.14. The highest BCUT2D eigenvalue weighted by molar-refractivity contribution is 9.10. The Hall–Kier alpha value is -2.42. The van der Waals surface area contributed by atoms with Crippen molar-refractivity contribution in [3.05, 3.63) is 44.4 Å². The van der Waals surface area contributed by atoms with E-state index < -0.39 is 11.7 Å². The summed E-state index contributed by atoms with van der Waals surface area (Å²) in [6.45, 7) is 7.49. The Bertz CT molecular complexity index is 1010. The molecular weight excluding hydrogens is 440 g/mol. The Balaban J connectivity index is 1.93. The molecule has 1 aliphatic rings. The van der Waals surface area contributed by atoms with Gasteiger partial charge in [-0.3, -0.25) is 14.0 Å². The summed E-state index contributed by atoms with van der Waals surface area (Å²) in [5, 5.41) is 2.87. The topological polar surface area (TPSA) is 93.0 Å². The predicted octanol–water partition coefficient (Wildman–Crippen LogP) is 2.78. The molecule has 2 aromatic rings. The van der Waals surface area contributed by atoms with Gasteiger partial charge in [-0.1, -0.05) is 15.9 Å². The Labute approximate surface area is 177 Å². The minimum absolute atomic E-state index is 0.0257. The molecule has 0 aliphatic carbocycles. The first-order chi connectivity index (χ1) is 13.5. The maximum absolute atomic E-state index is 12.8. The van der Waals surface area contributed by atoms with Gasteiger partial charge in [-0.25, -0.2) is 9.78 Å². The summed E-state index contributed by atoms with van der Waals surface area (Å²) in [7, 11) is 0. The number of nitrogens with one attached hydrogen (secondary N) is 1. The smallest absolute Gasteiger partial charge is 0.410 e. The van der Waals surface area contributed by atoms with Crippen molar-refractivity contribution in [2.24, 2.45) is 0 Å².